The predicted molar refractivity (Wildman–Crippen MR) is 97.6 cm³/mol. The lowest BCUT2D eigenvalue weighted by atomic mass is 10.3. The average molecular weight is 358 g/mol. The van der Waals surface area contributed by atoms with Crippen LogP contribution in [0.25, 0.3) is 5.65 Å². The lowest BCUT2D eigenvalue weighted by Crippen LogP contribution is -2.23. The Kier molecular flexibility index (Phi) is 5.40. The van der Waals surface area contributed by atoms with E-state index in [1.807, 2.05) is 24.7 Å². The van der Waals surface area contributed by atoms with Gasteiger partial charge in [-0.05, 0) is 20.0 Å². The van der Waals surface area contributed by atoms with Gasteiger partial charge in [0.1, 0.15) is 10.6 Å². The zero-order valence-electron chi connectivity index (χ0n) is 14.7. The normalized spacial score (nSPS) is 11.4. The molecule has 25 heavy (non-hydrogen) atoms. The molecule has 0 aliphatic rings. The number of carbonyl (C=O) groups excluding carboxylic acids is 1. The molecule has 1 N–H and O–H groups in total. The van der Waals surface area contributed by atoms with Gasteiger partial charge in [0, 0.05) is 35.6 Å². The first-order valence-electron chi connectivity index (χ1n) is 8.34. The number of fused-ring (bicyclic) bond motifs is 1. The Morgan fingerprint density at radius 1 is 1.32 bits per heavy atom. The zero-order chi connectivity index (χ0) is 17.8. The van der Waals surface area contributed by atoms with Crippen LogP contribution in [0.2, 0.25) is 0 Å². The van der Waals surface area contributed by atoms with Gasteiger partial charge >= 0.3 is 0 Å². The fourth-order valence-corrected chi connectivity index (χ4v) is 3.31. The van der Waals surface area contributed by atoms with E-state index in [-0.39, 0.29) is 5.91 Å². The molecule has 8 heteroatoms. The lowest BCUT2D eigenvalue weighted by molar-refractivity contribution is 0.0952. The molecule has 0 aromatic carbocycles. The molecule has 3 heterocycles. The van der Waals surface area contributed by atoms with Gasteiger partial charge in [0.2, 0.25) is 0 Å². The second-order valence-electron chi connectivity index (χ2n) is 5.82. The number of nitrogens with zero attached hydrogens (tertiary/aromatic N) is 5. The van der Waals surface area contributed by atoms with Gasteiger partial charge in [-0.3, -0.25) is 9.69 Å². The van der Waals surface area contributed by atoms with Gasteiger partial charge < -0.3 is 5.32 Å². The minimum atomic E-state index is -0.188. The topological polar surface area (TPSA) is 75.4 Å². The minimum Gasteiger partial charge on any atom is -0.345 e. The summed E-state index contributed by atoms with van der Waals surface area (Å²) in [7, 11) is 0. The minimum absolute atomic E-state index is 0.188. The van der Waals surface area contributed by atoms with Crippen molar-refractivity contribution >= 4 is 22.9 Å². The van der Waals surface area contributed by atoms with E-state index in [9.17, 15) is 4.79 Å². The average Bonchev–Trinajstić information content (AvgIpc) is 3.23. The van der Waals surface area contributed by atoms with Gasteiger partial charge in [0.25, 0.3) is 5.91 Å². The summed E-state index contributed by atoms with van der Waals surface area (Å²) in [4.78, 5) is 23.5. The van der Waals surface area contributed by atoms with Crippen LogP contribution in [0.5, 0.6) is 0 Å². The van der Waals surface area contributed by atoms with Gasteiger partial charge in [0.05, 0.1) is 12.7 Å². The first kappa shape index (κ1) is 17.5. The first-order chi connectivity index (χ1) is 12.1. The molecule has 0 fully saturated rings. The monoisotopic (exact) mass is 358 g/mol. The van der Waals surface area contributed by atoms with Crippen LogP contribution in [0.1, 0.15) is 40.5 Å². The molecule has 0 aliphatic carbocycles. The Labute approximate surface area is 150 Å². The summed E-state index contributed by atoms with van der Waals surface area (Å²) in [5.74, 6) is -0.188. The molecule has 0 radical (unpaired) electrons. The van der Waals surface area contributed by atoms with Crippen molar-refractivity contribution < 1.29 is 4.79 Å². The van der Waals surface area contributed by atoms with Crippen molar-refractivity contribution in [1.29, 1.82) is 0 Å². The molecule has 0 saturated heterocycles. The van der Waals surface area contributed by atoms with Gasteiger partial charge in [-0.25, -0.2) is 14.5 Å². The van der Waals surface area contributed by atoms with E-state index in [2.05, 4.69) is 39.1 Å². The van der Waals surface area contributed by atoms with Gasteiger partial charge in [-0.15, -0.1) is 11.3 Å². The Bertz CT molecular complexity index is 867. The number of hydrogen-bond donors (Lipinski definition) is 1. The molecule has 3 aromatic rings. The van der Waals surface area contributed by atoms with E-state index in [0.29, 0.717) is 17.8 Å². The fraction of sp³-hybridized carbons (Fsp3) is 0.412. The molecule has 132 valence electrons. The number of aromatic nitrogens is 4. The Balaban J connectivity index is 1.72. The molecule has 0 saturated carbocycles. The highest BCUT2D eigenvalue weighted by Crippen LogP contribution is 2.12. The number of amides is 1. The third-order valence-electron chi connectivity index (χ3n) is 4.02. The van der Waals surface area contributed by atoms with Crippen LogP contribution in [-0.2, 0) is 13.1 Å². The van der Waals surface area contributed by atoms with E-state index < -0.39 is 0 Å². The lowest BCUT2D eigenvalue weighted by Gasteiger charge is -2.17. The first-order valence-corrected chi connectivity index (χ1v) is 9.22. The van der Waals surface area contributed by atoms with Crippen LogP contribution < -0.4 is 5.32 Å². The van der Waals surface area contributed by atoms with Crippen molar-refractivity contribution in [3.63, 3.8) is 0 Å². The van der Waals surface area contributed by atoms with Crippen LogP contribution in [0.4, 0.5) is 0 Å². The standard InChI is InChI=1S/C17H22N6OS/c1-4-22(5-2)9-13-6-18-16-14(7-20-23(16)10-13)17(24)19-8-15-21-12(3)11-25-15/h6-7,10-11H,4-5,8-9H2,1-3H3,(H,19,24). The number of carbonyl (C=O) groups is 1. The van der Waals surface area contributed by atoms with Crippen LogP contribution in [0.15, 0.2) is 24.0 Å². The van der Waals surface area contributed by atoms with Crippen LogP contribution in [0, 0.1) is 6.92 Å². The van der Waals surface area contributed by atoms with E-state index >= 15 is 0 Å². The second-order valence-corrected chi connectivity index (χ2v) is 6.76. The van der Waals surface area contributed by atoms with Gasteiger partial charge in [0.15, 0.2) is 5.65 Å². The SMILES string of the molecule is CCN(CC)Cc1cnc2c(C(=O)NCc3nc(C)cs3)cnn2c1. The van der Waals surface area contributed by atoms with Crippen LogP contribution >= 0.6 is 11.3 Å². The van der Waals surface area contributed by atoms with Crippen molar-refractivity contribution in [1.82, 2.24) is 29.8 Å². The molecule has 3 rings (SSSR count). The summed E-state index contributed by atoms with van der Waals surface area (Å²) in [6, 6.07) is 0. The molecule has 3 aromatic heterocycles. The third kappa shape index (κ3) is 4.02. The third-order valence-corrected chi connectivity index (χ3v) is 4.99. The second kappa shape index (κ2) is 7.71. The quantitative estimate of drug-likeness (QED) is 0.701. The van der Waals surface area contributed by atoms with E-state index in [0.717, 1.165) is 35.9 Å². The van der Waals surface area contributed by atoms with Crippen molar-refractivity contribution in [2.24, 2.45) is 0 Å². The summed E-state index contributed by atoms with van der Waals surface area (Å²) in [6.45, 7) is 9.41. The number of hydrogen-bond acceptors (Lipinski definition) is 6. The maximum absolute atomic E-state index is 12.4. The molecule has 7 nitrogen and oxygen atoms in total. The Morgan fingerprint density at radius 3 is 2.80 bits per heavy atom. The summed E-state index contributed by atoms with van der Waals surface area (Å²) < 4.78 is 1.67. The molecule has 0 aliphatic heterocycles. The summed E-state index contributed by atoms with van der Waals surface area (Å²) in [6.07, 6.45) is 5.31. The van der Waals surface area contributed by atoms with E-state index in [1.165, 1.54) is 11.3 Å². The number of aryl methyl sites for hydroxylation is 1. The highest BCUT2D eigenvalue weighted by Gasteiger charge is 2.15. The van der Waals surface area contributed by atoms with Crippen molar-refractivity contribution in [2.75, 3.05) is 13.1 Å². The molecule has 0 bridgehead atoms. The maximum Gasteiger partial charge on any atom is 0.257 e. The Morgan fingerprint density at radius 2 is 2.12 bits per heavy atom. The molecular weight excluding hydrogens is 336 g/mol. The van der Waals surface area contributed by atoms with E-state index in [1.54, 1.807) is 10.7 Å². The zero-order valence-corrected chi connectivity index (χ0v) is 15.5. The number of nitrogens with one attached hydrogen (secondary N) is 1. The van der Waals surface area contributed by atoms with Gasteiger partial charge in [-0.1, -0.05) is 13.8 Å². The smallest absolute Gasteiger partial charge is 0.257 e. The largest absolute Gasteiger partial charge is 0.345 e. The molecular formula is C17H22N6OS. The van der Waals surface area contributed by atoms with Gasteiger partial charge in [-0.2, -0.15) is 5.10 Å². The van der Waals surface area contributed by atoms with E-state index in [4.69, 9.17) is 0 Å². The maximum atomic E-state index is 12.4. The van der Waals surface area contributed by atoms with Crippen LogP contribution in [-0.4, -0.2) is 43.5 Å². The fourth-order valence-electron chi connectivity index (χ4n) is 2.60. The number of thiazole rings is 1. The molecule has 0 unspecified atom stereocenters. The molecule has 1 amide bonds. The van der Waals surface area contributed by atoms with Crippen molar-refractivity contribution in [3.8, 4) is 0 Å². The summed E-state index contributed by atoms with van der Waals surface area (Å²) in [5, 5.41) is 10.0. The van der Waals surface area contributed by atoms with Crippen molar-refractivity contribution in [3.05, 3.63) is 45.8 Å². The number of rotatable bonds is 7. The molecule has 0 spiro atoms. The highest BCUT2D eigenvalue weighted by molar-refractivity contribution is 7.09. The predicted octanol–water partition coefficient (Wildman–Crippen LogP) is 2.27. The summed E-state index contributed by atoms with van der Waals surface area (Å²) >= 11 is 1.54. The van der Waals surface area contributed by atoms with Crippen LogP contribution in [0.3, 0.4) is 0 Å². The summed E-state index contributed by atoms with van der Waals surface area (Å²) in [5.41, 5.74) is 3.08. The highest BCUT2D eigenvalue weighted by atomic mass is 32.1. The Hall–Kier alpha value is -2.32. The van der Waals surface area contributed by atoms with Crippen molar-refractivity contribution in [2.45, 2.75) is 33.9 Å². The molecule has 0 atom stereocenters.